The second-order valence-corrected chi connectivity index (χ2v) is 7.67. The SMILES string of the molecule is CC(NCC1COCCN1c1cccc(C(F)(F)F)c1)c1cccc2ccccc12. The van der Waals surface area contributed by atoms with Gasteiger partial charge >= 0.3 is 6.18 Å². The Morgan fingerprint density at radius 1 is 1.07 bits per heavy atom. The first-order chi connectivity index (χ1) is 14.4. The monoisotopic (exact) mass is 414 g/mol. The van der Waals surface area contributed by atoms with Gasteiger partial charge in [-0.3, -0.25) is 0 Å². The molecule has 158 valence electrons. The van der Waals surface area contributed by atoms with E-state index in [1.807, 2.05) is 17.0 Å². The number of anilines is 1. The van der Waals surface area contributed by atoms with Crippen molar-refractivity contribution >= 4 is 16.5 Å². The molecule has 1 fully saturated rings. The van der Waals surface area contributed by atoms with Crippen molar-refractivity contribution in [1.29, 1.82) is 0 Å². The van der Waals surface area contributed by atoms with Crippen molar-refractivity contribution in [3.63, 3.8) is 0 Å². The normalized spacial score (nSPS) is 18.5. The molecule has 3 nitrogen and oxygen atoms in total. The molecule has 2 unspecified atom stereocenters. The van der Waals surface area contributed by atoms with Crippen LogP contribution >= 0.6 is 0 Å². The van der Waals surface area contributed by atoms with E-state index in [9.17, 15) is 13.2 Å². The molecular formula is C24H25F3N2O. The zero-order valence-electron chi connectivity index (χ0n) is 16.8. The second kappa shape index (κ2) is 8.66. The fourth-order valence-corrected chi connectivity index (χ4v) is 4.08. The Morgan fingerprint density at radius 3 is 2.67 bits per heavy atom. The number of hydrogen-bond acceptors (Lipinski definition) is 3. The van der Waals surface area contributed by atoms with E-state index in [-0.39, 0.29) is 12.1 Å². The first-order valence-corrected chi connectivity index (χ1v) is 10.2. The van der Waals surface area contributed by atoms with Crippen LogP contribution < -0.4 is 10.2 Å². The molecule has 0 saturated carbocycles. The van der Waals surface area contributed by atoms with Crippen molar-refractivity contribution in [1.82, 2.24) is 5.32 Å². The van der Waals surface area contributed by atoms with Crippen molar-refractivity contribution in [2.24, 2.45) is 0 Å². The Balaban J connectivity index is 1.50. The summed E-state index contributed by atoms with van der Waals surface area (Å²) < 4.78 is 45.1. The molecule has 4 rings (SSSR count). The number of hydrogen-bond donors (Lipinski definition) is 1. The molecule has 1 N–H and O–H groups in total. The van der Waals surface area contributed by atoms with Crippen molar-refractivity contribution in [3.8, 4) is 0 Å². The highest BCUT2D eigenvalue weighted by Crippen LogP contribution is 2.32. The van der Waals surface area contributed by atoms with E-state index >= 15 is 0 Å². The van der Waals surface area contributed by atoms with Crippen LogP contribution in [0.2, 0.25) is 0 Å². The molecule has 6 heteroatoms. The molecule has 2 atom stereocenters. The minimum Gasteiger partial charge on any atom is -0.377 e. The second-order valence-electron chi connectivity index (χ2n) is 7.67. The summed E-state index contributed by atoms with van der Waals surface area (Å²) in [4.78, 5) is 2.02. The lowest BCUT2D eigenvalue weighted by Gasteiger charge is -2.38. The predicted octanol–water partition coefficient (Wildman–Crippen LogP) is 5.41. The van der Waals surface area contributed by atoms with Crippen LogP contribution in [0.3, 0.4) is 0 Å². The molecule has 3 aromatic rings. The van der Waals surface area contributed by atoms with Gasteiger partial charge in [-0.05, 0) is 41.5 Å². The summed E-state index contributed by atoms with van der Waals surface area (Å²) in [6, 6.07) is 20.1. The largest absolute Gasteiger partial charge is 0.416 e. The maximum atomic E-state index is 13.1. The molecule has 0 aromatic heterocycles. The van der Waals surface area contributed by atoms with E-state index in [1.165, 1.54) is 28.5 Å². The minimum absolute atomic E-state index is 0.0420. The summed E-state index contributed by atoms with van der Waals surface area (Å²) >= 11 is 0. The number of ether oxygens (including phenoxy) is 1. The van der Waals surface area contributed by atoms with Gasteiger partial charge in [0.2, 0.25) is 0 Å². The standard InChI is InChI=1S/C24H25F3N2O/c1-17(22-11-4-7-18-6-2-3-10-23(18)22)28-15-21-16-30-13-12-29(21)20-9-5-8-19(14-20)24(25,26)27/h2-11,14,17,21,28H,12-13,15-16H2,1H3. The maximum absolute atomic E-state index is 13.1. The first-order valence-electron chi connectivity index (χ1n) is 10.2. The van der Waals surface area contributed by atoms with Crippen molar-refractivity contribution in [2.75, 3.05) is 31.2 Å². The Labute approximate surface area is 174 Å². The Morgan fingerprint density at radius 2 is 1.83 bits per heavy atom. The van der Waals surface area contributed by atoms with Crippen molar-refractivity contribution in [3.05, 3.63) is 77.9 Å². The van der Waals surface area contributed by atoms with Gasteiger partial charge in [-0.15, -0.1) is 0 Å². The average Bonchev–Trinajstić information content (AvgIpc) is 2.77. The van der Waals surface area contributed by atoms with Gasteiger partial charge in [0.15, 0.2) is 0 Å². The summed E-state index contributed by atoms with van der Waals surface area (Å²) in [5.41, 5.74) is 1.16. The Bertz CT molecular complexity index is 1000. The number of nitrogens with zero attached hydrogens (tertiary/aromatic N) is 1. The van der Waals surface area contributed by atoms with Gasteiger partial charge < -0.3 is 15.0 Å². The highest BCUT2D eigenvalue weighted by atomic mass is 19.4. The molecule has 1 aliphatic rings. The number of nitrogens with one attached hydrogen (secondary N) is 1. The van der Waals surface area contributed by atoms with Crippen LogP contribution in [0.1, 0.15) is 24.1 Å². The highest BCUT2D eigenvalue weighted by Gasteiger charge is 2.32. The van der Waals surface area contributed by atoms with Crippen LogP contribution in [-0.2, 0) is 10.9 Å². The van der Waals surface area contributed by atoms with Crippen LogP contribution in [0.25, 0.3) is 10.8 Å². The quantitative estimate of drug-likeness (QED) is 0.604. The molecule has 0 spiro atoms. The third-order valence-electron chi connectivity index (χ3n) is 5.68. The van der Waals surface area contributed by atoms with Gasteiger partial charge in [0.05, 0.1) is 24.8 Å². The lowest BCUT2D eigenvalue weighted by Crippen LogP contribution is -2.51. The number of rotatable bonds is 5. The molecule has 0 radical (unpaired) electrons. The molecule has 30 heavy (non-hydrogen) atoms. The average molecular weight is 414 g/mol. The molecule has 1 aliphatic heterocycles. The van der Waals surface area contributed by atoms with Gasteiger partial charge in [-0.25, -0.2) is 0 Å². The van der Waals surface area contributed by atoms with Gasteiger partial charge in [-0.2, -0.15) is 13.2 Å². The smallest absolute Gasteiger partial charge is 0.377 e. The number of alkyl halides is 3. The first kappa shape index (κ1) is 20.7. The van der Waals surface area contributed by atoms with E-state index in [2.05, 4.69) is 42.6 Å². The summed E-state index contributed by atoms with van der Waals surface area (Å²) in [5.74, 6) is 0. The summed E-state index contributed by atoms with van der Waals surface area (Å²) in [6.45, 7) is 4.27. The van der Waals surface area contributed by atoms with Gasteiger partial charge in [-0.1, -0.05) is 48.5 Å². The van der Waals surface area contributed by atoms with Crippen molar-refractivity contribution < 1.29 is 17.9 Å². The molecule has 0 bridgehead atoms. The zero-order chi connectivity index (χ0) is 21.1. The third-order valence-corrected chi connectivity index (χ3v) is 5.68. The topological polar surface area (TPSA) is 24.5 Å². The molecule has 1 saturated heterocycles. The summed E-state index contributed by atoms with van der Waals surface area (Å²) in [7, 11) is 0. The number of halogens is 3. The number of fused-ring (bicyclic) bond motifs is 1. The third kappa shape index (κ3) is 4.45. The maximum Gasteiger partial charge on any atom is 0.416 e. The van der Waals surface area contributed by atoms with Gasteiger partial charge in [0, 0.05) is 24.8 Å². The van der Waals surface area contributed by atoms with Crippen LogP contribution in [0, 0.1) is 0 Å². The Hall–Kier alpha value is -2.57. The van der Waals surface area contributed by atoms with Crippen LogP contribution in [0.5, 0.6) is 0 Å². The van der Waals surface area contributed by atoms with Crippen LogP contribution in [0.4, 0.5) is 18.9 Å². The molecular weight excluding hydrogens is 389 g/mol. The fourth-order valence-electron chi connectivity index (χ4n) is 4.08. The van der Waals surface area contributed by atoms with Crippen molar-refractivity contribution in [2.45, 2.75) is 25.2 Å². The Kier molecular flexibility index (Phi) is 5.97. The molecule has 1 heterocycles. The van der Waals surface area contributed by atoms with E-state index < -0.39 is 11.7 Å². The lowest BCUT2D eigenvalue weighted by atomic mass is 9.99. The fraction of sp³-hybridized carbons (Fsp3) is 0.333. The summed E-state index contributed by atoms with van der Waals surface area (Å²) in [5, 5.41) is 5.95. The minimum atomic E-state index is -4.35. The van der Waals surface area contributed by atoms with E-state index in [0.29, 0.717) is 32.0 Å². The molecule has 0 amide bonds. The van der Waals surface area contributed by atoms with Crippen LogP contribution in [0.15, 0.2) is 66.7 Å². The predicted molar refractivity (Wildman–Crippen MR) is 114 cm³/mol. The lowest BCUT2D eigenvalue weighted by molar-refractivity contribution is -0.137. The van der Waals surface area contributed by atoms with E-state index in [4.69, 9.17) is 4.74 Å². The summed E-state index contributed by atoms with van der Waals surface area (Å²) in [6.07, 6.45) is -4.35. The number of benzene rings is 3. The van der Waals surface area contributed by atoms with E-state index in [0.717, 1.165) is 6.07 Å². The zero-order valence-corrected chi connectivity index (χ0v) is 16.8. The van der Waals surface area contributed by atoms with Gasteiger partial charge in [0.1, 0.15) is 0 Å². The van der Waals surface area contributed by atoms with E-state index in [1.54, 1.807) is 6.07 Å². The molecule has 3 aromatic carbocycles. The highest BCUT2D eigenvalue weighted by molar-refractivity contribution is 5.86. The van der Waals surface area contributed by atoms with Gasteiger partial charge in [0.25, 0.3) is 0 Å². The van der Waals surface area contributed by atoms with Crippen LogP contribution in [-0.4, -0.2) is 32.3 Å². The molecule has 0 aliphatic carbocycles. The number of morpholine rings is 1.